The fourth-order valence-electron chi connectivity index (χ4n) is 2.80. The van der Waals surface area contributed by atoms with Gasteiger partial charge in [-0.1, -0.05) is 51.1 Å². The maximum absolute atomic E-state index is 13.9. The van der Waals surface area contributed by atoms with Gasteiger partial charge in [-0.2, -0.15) is 0 Å². The zero-order chi connectivity index (χ0) is 21.8. The molecular formula is C21H31F2N5S2. The van der Waals surface area contributed by atoms with E-state index in [9.17, 15) is 8.78 Å². The Hall–Kier alpha value is -1.42. The van der Waals surface area contributed by atoms with Crippen molar-refractivity contribution in [3.8, 4) is 0 Å². The summed E-state index contributed by atoms with van der Waals surface area (Å²) in [6, 6.07) is 6.19. The highest BCUT2D eigenvalue weighted by Gasteiger charge is 2.13. The Kier molecular flexibility index (Phi) is 11.4. The number of halogens is 2. The van der Waals surface area contributed by atoms with Crippen LogP contribution in [0.3, 0.4) is 0 Å². The van der Waals surface area contributed by atoms with E-state index in [1.54, 1.807) is 18.2 Å². The highest BCUT2D eigenvalue weighted by molar-refractivity contribution is 7.98. The van der Waals surface area contributed by atoms with E-state index in [2.05, 4.69) is 31.2 Å². The number of aromatic nitrogens is 2. The van der Waals surface area contributed by atoms with Gasteiger partial charge in [0, 0.05) is 54.8 Å². The van der Waals surface area contributed by atoms with Gasteiger partial charge >= 0.3 is 0 Å². The molecule has 9 heteroatoms. The number of anilines is 1. The lowest BCUT2D eigenvalue weighted by Crippen LogP contribution is -2.23. The fourth-order valence-corrected chi connectivity index (χ4v) is 4.38. The van der Waals surface area contributed by atoms with Gasteiger partial charge in [0.2, 0.25) is 0 Å². The lowest BCUT2D eigenvalue weighted by atomic mass is 10.2. The van der Waals surface area contributed by atoms with Crippen molar-refractivity contribution < 1.29 is 8.78 Å². The van der Waals surface area contributed by atoms with Crippen molar-refractivity contribution in [1.82, 2.24) is 19.6 Å². The normalized spacial score (nSPS) is 14.6. The molecule has 2 heterocycles. The summed E-state index contributed by atoms with van der Waals surface area (Å²) in [6.45, 7) is 10.1. The number of nitrogens with one attached hydrogen (secondary N) is 2. The van der Waals surface area contributed by atoms with Gasteiger partial charge in [0.25, 0.3) is 0 Å². The molecule has 30 heavy (non-hydrogen) atoms. The Morgan fingerprint density at radius 2 is 2.00 bits per heavy atom. The molecular weight excluding hydrogens is 424 g/mol. The Morgan fingerprint density at radius 3 is 2.80 bits per heavy atom. The summed E-state index contributed by atoms with van der Waals surface area (Å²) >= 11 is 2.87. The van der Waals surface area contributed by atoms with Crippen LogP contribution in [0.5, 0.6) is 0 Å². The fraction of sp³-hybridized carbons (Fsp3) is 0.524. The summed E-state index contributed by atoms with van der Waals surface area (Å²) in [7, 11) is 0. The van der Waals surface area contributed by atoms with Crippen LogP contribution in [0, 0.1) is 11.6 Å². The van der Waals surface area contributed by atoms with Crippen LogP contribution < -0.4 is 10.0 Å². The summed E-state index contributed by atoms with van der Waals surface area (Å²) < 4.78 is 32.9. The molecule has 2 aromatic rings. The van der Waals surface area contributed by atoms with Crippen LogP contribution in [0.15, 0.2) is 29.4 Å². The summed E-state index contributed by atoms with van der Waals surface area (Å²) in [6.07, 6.45) is 2.93. The van der Waals surface area contributed by atoms with Crippen molar-refractivity contribution in [1.29, 1.82) is 0 Å². The molecule has 0 unspecified atom stereocenters. The molecule has 1 aromatic carbocycles. The average molecular weight is 456 g/mol. The molecule has 1 saturated heterocycles. The second-order valence-corrected chi connectivity index (χ2v) is 8.35. The minimum absolute atomic E-state index is 0.281. The number of nitrogens with zero attached hydrogens (tertiary/aromatic N) is 3. The molecule has 0 radical (unpaired) electrons. The Morgan fingerprint density at radius 1 is 1.17 bits per heavy atom. The van der Waals surface area contributed by atoms with Crippen molar-refractivity contribution in [2.24, 2.45) is 0 Å². The smallest absolute Gasteiger partial charge is 0.190 e. The number of thioether (sulfide) groups is 1. The first-order chi connectivity index (χ1) is 14.7. The van der Waals surface area contributed by atoms with Gasteiger partial charge < -0.3 is 10.0 Å². The average Bonchev–Trinajstić information content (AvgIpc) is 3.04. The SMILES string of the molecule is CC.CCCc1cc(NSN2CCCNCC2)nc(SCc2cccc(F)c2F)n1. The van der Waals surface area contributed by atoms with E-state index in [0.717, 1.165) is 63.0 Å². The molecule has 166 valence electrons. The molecule has 3 rings (SSSR count). The van der Waals surface area contributed by atoms with Crippen molar-refractivity contribution >= 4 is 29.7 Å². The maximum Gasteiger partial charge on any atom is 0.190 e. The lowest BCUT2D eigenvalue weighted by molar-refractivity contribution is 0.502. The second kappa shape index (κ2) is 13.8. The first kappa shape index (κ1) is 24.8. The molecule has 1 aromatic heterocycles. The topological polar surface area (TPSA) is 53.1 Å². The van der Waals surface area contributed by atoms with Crippen LogP contribution in [0.25, 0.3) is 0 Å². The third kappa shape index (κ3) is 8.02. The van der Waals surface area contributed by atoms with Crippen LogP contribution in [0.1, 0.15) is 44.9 Å². The second-order valence-electron chi connectivity index (χ2n) is 6.50. The van der Waals surface area contributed by atoms with Gasteiger partial charge in [0.1, 0.15) is 5.82 Å². The highest BCUT2D eigenvalue weighted by atomic mass is 32.2. The van der Waals surface area contributed by atoms with Crippen molar-refractivity contribution in [3.63, 3.8) is 0 Å². The van der Waals surface area contributed by atoms with E-state index in [-0.39, 0.29) is 5.75 Å². The molecule has 0 amide bonds. The van der Waals surface area contributed by atoms with E-state index in [1.165, 1.54) is 17.8 Å². The van der Waals surface area contributed by atoms with Gasteiger partial charge in [-0.15, -0.1) is 0 Å². The third-order valence-corrected chi connectivity index (χ3v) is 6.05. The van der Waals surface area contributed by atoms with Gasteiger partial charge in [0.15, 0.2) is 16.8 Å². The van der Waals surface area contributed by atoms with Crippen LogP contribution in [0.4, 0.5) is 14.6 Å². The van der Waals surface area contributed by atoms with Gasteiger partial charge in [-0.25, -0.2) is 23.1 Å². The summed E-state index contributed by atoms with van der Waals surface area (Å²) in [5.74, 6) is -0.612. The van der Waals surface area contributed by atoms with E-state index < -0.39 is 11.6 Å². The Labute approximate surface area is 187 Å². The predicted molar refractivity (Wildman–Crippen MR) is 124 cm³/mol. The summed E-state index contributed by atoms with van der Waals surface area (Å²) in [5, 5.41) is 3.95. The van der Waals surface area contributed by atoms with E-state index in [1.807, 2.05) is 19.9 Å². The molecule has 1 fully saturated rings. The monoisotopic (exact) mass is 455 g/mol. The molecule has 1 aliphatic rings. The number of rotatable bonds is 8. The minimum atomic E-state index is -0.829. The maximum atomic E-state index is 13.9. The van der Waals surface area contributed by atoms with E-state index in [0.29, 0.717) is 10.7 Å². The first-order valence-electron chi connectivity index (χ1n) is 10.5. The number of hydrogen-bond acceptors (Lipinski definition) is 7. The van der Waals surface area contributed by atoms with Crippen molar-refractivity contribution in [2.75, 3.05) is 30.9 Å². The van der Waals surface area contributed by atoms with Crippen LogP contribution in [0.2, 0.25) is 0 Å². The van der Waals surface area contributed by atoms with E-state index >= 15 is 0 Å². The molecule has 1 aliphatic heterocycles. The summed E-state index contributed by atoms with van der Waals surface area (Å²) in [5.41, 5.74) is 1.26. The molecule has 0 bridgehead atoms. The molecule has 0 atom stereocenters. The minimum Gasteiger partial charge on any atom is -0.315 e. The van der Waals surface area contributed by atoms with Crippen LogP contribution >= 0.6 is 23.9 Å². The van der Waals surface area contributed by atoms with Crippen LogP contribution in [-0.4, -0.2) is 40.5 Å². The standard InChI is InChI=1S/C19H25F2N5S2.C2H6/c1-2-5-15-12-17(25-28-26-10-4-8-22-9-11-26)24-19(23-15)27-13-14-6-3-7-16(20)18(14)21;1-2/h3,6-7,12,22H,2,4-5,8-11,13H2,1H3,(H,23,24,25);1-2H3. The van der Waals surface area contributed by atoms with Crippen molar-refractivity contribution in [2.45, 2.75) is 50.9 Å². The van der Waals surface area contributed by atoms with E-state index in [4.69, 9.17) is 0 Å². The number of aryl methyl sites for hydroxylation is 1. The van der Waals surface area contributed by atoms with Crippen molar-refractivity contribution in [3.05, 3.63) is 47.2 Å². The molecule has 0 aliphatic carbocycles. The Balaban J connectivity index is 0.00000155. The molecule has 0 spiro atoms. The van der Waals surface area contributed by atoms with Crippen LogP contribution in [-0.2, 0) is 12.2 Å². The van der Waals surface area contributed by atoms with Gasteiger partial charge in [-0.05, 0) is 25.5 Å². The highest BCUT2D eigenvalue weighted by Crippen LogP contribution is 2.25. The van der Waals surface area contributed by atoms with Gasteiger partial charge in [-0.3, -0.25) is 0 Å². The molecule has 2 N–H and O–H groups in total. The lowest BCUT2D eigenvalue weighted by Gasteiger charge is -2.18. The zero-order valence-electron chi connectivity index (χ0n) is 17.9. The molecule has 0 saturated carbocycles. The number of benzene rings is 1. The zero-order valence-corrected chi connectivity index (χ0v) is 19.5. The first-order valence-corrected chi connectivity index (χ1v) is 12.2. The molecule has 5 nitrogen and oxygen atoms in total. The van der Waals surface area contributed by atoms with Gasteiger partial charge in [0.05, 0.1) is 0 Å². The summed E-state index contributed by atoms with van der Waals surface area (Å²) in [4.78, 5) is 9.11. The Bertz CT molecular complexity index is 771. The quantitative estimate of drug-likeness (QED) is 0.318. The largest absolute Gasteiger partial charge is 0.315 e. The third-order valence-electron chi connectivity index (χ3n) is 4.23. The number of hydrogen-bond donors (Lipinski definition) is 2. The predicted octanol–water partition coefficient (Wildman–Crippen LogP) is 5.30.